The third-order valence-electron chi connectivity index (χ3n) is 13.1. The number of primary amides is 1. The number of halogens is 1. The number of nitrogens with two attached hydrogens (primary N) is 1. The van der Waals surface area contributed by atoms with Gasteiger partial charge in [0, 0.05) is 44.1 Å². The average Bonchev–Trinajstić information content (AvgIpc) is 3.75. The highest BCUT2D eigenvalue weighted by Crippen LogP contribution is 2.44. The van der Waals surface area contributed by atoms with Crippen LogP contribution in [0.4, 0.5) is 5.69 Å². The van der Waals surface area contributed by atoms with Crippen molar-refractivity contribution in [3.05, 3.63) is 177 Å². The molecule has 0 radical (unpaired) electrons. The van der Waals surface area contributed by atoms with Crippen LogP contribution in [-0.2, 0) is 32.6 Å². The number of anilines is 1. The number of aromatic nitrogens is 1. The van der Waals surface area contributed by atoms with E-state index in [1.807, 2.05) is 127 Å². The number of nitrogens with zero attached hydrogens (tertiary/aromatic N) is 1. The number of pyridine rings is 1. The van der Waals surface area contributed by atoms with Crippen LogP contribution in [0, 0.1) is 5.92 Å². The van der Waals surface area contributed by atoms with Crippen molar-refractivity contribution in [2.45, 2.75) is 76.4 Å². The second-order valence-corrected chi connectivity index (χ2v) is 23.5. The summed E-state index contributed by atoms with van der Waals surface area (Å²) in [6.45, 7) is 14.4. The van der Waals surface area contributed by atoms with Crippen LogP contribution in [0.15, 0.2) is 138 Å². The number of ether oxygens (including phenoxy) is 1. The Bertz CT molecular complexity index is 2560. The molecule has 2 unspecified atom stereocenters. The topological polar surface area (TPSA) is 139 Å². The number of aromatic amines is 1. The van der Waals surface area contributed by atoms with Crippen LogP contribution in [0.3, 0.4) is 0 Å². The molecule has 1 aromatic heterocycles. The van der Waals surface area contributed by atoms with Gasteiger partial charge in [0.25, 0.3) is 0 Å². The van der Waals surface area contributed by atoms with Gasteiger partial charge in [-0.1, -0.05) is 136 Å². The summed E-state index contributed by atoms with van der Waals surface area (Å²) in [7, 11) is -2.27. The van der Waals surface area contributed by atoms with Gasteiger partial charge in [-0.2, -0.15) is 0 Å². The molecule has 1 aliphatic heterocycles. The number of likely N-dealkylation sites (tertiary alicyclic amines) is 1. The molecule has 64 heavy (non-hydrogen) atoms. The minimum atomic E-state index is -2.27. The van der Waals surface area contributed by atoms with Gasteiger partial charge < -0.3 is 35.4 Å². The molecular formula is C52H60ClN5O5Si. The normalized spacial score (nSPS) is 15.2. The highest BCUT2D eigenvalue weighted by molar-refractivity contribution is 6.74. The molecule has 5 aromatic carbocycles. The number of rotatable bonds is 18. The summed E-state index contributed by atoms with van der Waals surface area (Å²) in [6.07, 6.45) is 0.707. The summed E-state index contributed by atoms with van der Waals surface area (Å²) in [4.78, 5) is 44.7. The number of nitrogens with one attached hydrogen (secondary N) is 3. The van der Waals surface area contributed by atoms with Crippen LogP contribution in [0.1, 0.15) is 67.5 Å². The molecule has 0 aliphatic carbocycles. The van der Waals surface area contributed by atoms with Gasteiger partial charge in [0.05, 0.1) is 22.3 Å². The maximum absolute atomic E-state index is 13.5. The average molecular weight is 899 g/mol. The number of amides is 2. The summed E-state index contributed by atoms with van der Waals surface area (Å²) < 4.78 is 13.3. The fourth-order valence-corrected chi connectivity index (χ4v) is 10.2. The molecule has 1 fully saturated rings. The highest BCUT2D eigenvalue weighted by atomic mass is 35.5. The largest absolute Gasteiger partial charge is 0.487 e. The number of carbonyl (C=O) groups excluding carboxylic acids is 2. The van der Waals surface area contributed by atoms with Crippen molar-refractivity contribution in [3.63, 3.8) is 0 Å². The summed E-state index contributed by atoms with van der Waals surface area (Å²) in [5, 5.41) is 7.88. The second kappa shape index (κ2) is 20.1. The van der Waals surface area contributed by atoms with Crippen molar-refractivity contribution in [2.75, 3.05) is 31.5 Å². The Morgan fingerprint density at radius 1 is 0.875 bits per heavy atom. The molecule has 334 valence electrons. The molecule has 2 amide bonds. The Balaban J connectivity index is 0.990. The predicted octanol–water partition coefficient (Wildman–Crippen LogP) is 9.74. The van der Waals surface area contributed by atoms with Crippen molar-refractivity contribution in [3.8, 4) is 5.75 Å². The first-order valence-electron chi connectivity index (χ1n) is 22.1. The Morgan fingerprint density at radius 2 is 1.53 bits per heavy atom. The van der Waals surface area contributed by atoms with E-state index in [1.165, 1.54) is 0 Å². The number of benzene rings is 5. The Kier molecular flexibility index (Phi) is 14.6. The molecule has 0 saturated carbocycles. The van der Waals surface area contributed by atoms with Crippen molar-refractivity contribution < 1.29 is 18.8 Å². The quantitative estimate of drug-likeness (QED) is 0.0631. The molecule has 5 N–H and O–H groups in total. The number of hydrogen-bond acceptors (Lipinski definition) is 7. The summed E-state index contributed by atoms with van der Waals surface area (Å²) >= 11 is 6.79. The molecular weight excluding hydrogens is 838 g/mol. The SMILES string of the molecule is CC(C)(C)[Si](C)(C)OC(CNCc1ccc(NC(=O)CCN2CCC(C(C(N)=O)(c3ccccc3)c3ccccc3)C2)c(Cl)c1)c1ccc(OCc2ccccc2)c2[nH]c(=O)ccc12. The lowest BCUT2D eigenvalue weighted by molar-refractivity contribution is -0.124. The van der Waals surface area contributed by atoms with Gasteiger partial charge in [0.1, 0.15) is 17.8 Å². The van der Waals surface area contributed by atoms with Gasteiger partial charge >= 0.3 is 0 Å². The summed E-state index contributed by atoms with van der Waals surface area (Å²) in [6, 6.07) is 42.5. The lowest BCUT2D eigenvalue weighted by Gasteiger charge is -2.39. The fourth-order valence-electron chi connectivity index (χ4n) is 8.64. The molecule has 6 aromatic rings. The van der Waals surface area contributed by atoms with Gasteiger partial charge in [0.15, 0.2) is 8.32 Å². The van der Waals surface area contributed by atoms with Crippen LogP contribution in [-0.4, -0.2) is 56.2 Å². The number of H-pyrrole nitrogens is 1. The van der Waals surface area contributed by atoms with Gasteiger partial charge in [-0.05, 0) is 89.1 Å². The lowest BCUT2D eigenvalue weighted by atomic mass is 9.64. The highest BCUT2D eigenvalue weighted by Gasteiger charge is 2.49. The van der Waals surface area contributed by atoms with Crippen molar-refractivity contribution in [2.24, 2.45) is 11.7 Å². The summed E-state index contributed by atoms with van der Waals surface area (Å²) in [5.41, 5.74) is 11.0. The molecule has 12 heteroatoms. The third kappa shape index (κ3) is 10.5. The van der Waals surface area contributed by atoms with Crippen molar-refractivity contribution in [1.29, 1.82) is 0 Å². The predicted molar refractivity (Wildman–Crippen MR) is 260 cm³/mol. The van der Waals surface area contributed by atoms with Crippen LogP contribution in [0.2, 0.25) is 23.2 Å². The number of carbonyl (C=O) groups is 2. The third-order valence-corrected chi connectivity index (χ3v) is 17.9. The van der Waals surface area contributed by atoms with Crippen LogP contribution in [0.5, 0.6) is 5.75 Å². The molecule has 2 heterocycles. The molecule has 10 nitrogen and oxygen atoms in total. The Hall–Kier alpha value is -5.56. The zero-order valence-electron chi connectivity index (χ0n) is 37.5. The first kappa shape index (κ1) is 46.4. The van der Waals surface area contributed by atoms with Crippen LogP contribution >= 0.6 is 11.6 Å². The minimum absolute atomic E-state index is 0.0413. The Labute approximate surface area is 382 Å². The van der Waals surface area contributed by atoms with Gasteiger partial charge in [-0.15, -0.1) is 0 Å². The minimum Gasteiger partial charge on any atom is -0.487 e. The summed E-state index contributed by atoms with van der Waals surface area (Å²) in [5.74, 6) is 0.0291. The van der Waals surface area contributed by atoms with Gasteiger partial charge in [-0.25, -0.2) is 0 Å². The standard InChI is InChI=1S/C52H60ClN5O5Si/c1-51(2,3)64(4,5)63-46(41-22-25-45(49-42(41)23-26-47(59)57-49)62-35-36-15-9-6-10-16-36)33-55-32-37-21-24-44(43(53)31-37)56-48(60)28-30-58-29-27-40(34-58)52(50(54)61,38-17-11-7-12-18-38)39-19-13-8-14-20-39/h6-26,31,40,46,55H,27-30,32-35H2,1-5H3,(H2,54,61)(H,56,60)(H,57,59). The maximum Gasteiger partial charge on any atom is 0.248 e. The monoisotopic (exact) mass is 897 g/mol. The van der Waals surface area contributed by atoms with Gasteiger partial charge in [-0.3, -0.25) is 14.4 Å². The van der Waals surface area contributed by atoms with E-state index in [0.717, 1.165) is 46.2 Å². The molecule has 0 spiro atoms. The van der Waals surface area contributed by atoms with Gasteiger partial charge in [0.2, 0.25) is 17.4 Å². The fraction of sp³-hybridized carbons (Fsp3) is 0.327. The van der Waals surface area contributed by atoms with E-state index < -0.39 is 13.7 Å². The molecule has 2 atom stereocenters. The van der Waals surface area contributed by atoms with E-state index in [9.17, 15) is 14.4 Å². The Morgan fingerprint density at radius 3 is 2.16 bits per heavy atom. The van der Waals surface area contributed by atoms with E-state index in [4.69, 9.17) is 26.5 Å². The molecule has 1 aliphatic rings. The molecule has 1 saturated heterocycles. The van der Waals surface area contributed by atoms with E-state index in [-0.39, 0.29) is 40.9 Å². The van der Waals surface area contributed by atoms with Crippen molar-refractivity contribution >= 4 is 48.3 Å². The van der Waals surface area contributed by atoms with E-state index in [2.05, 4.69) is 54.4 Å². The van der Waals surface area contributed by atoms with E-state index in [1.54, 1.807) is 6.07 Å². The number of fused-ring (bicyclic) bond motifs is 1. The first-order valence-corrected chi connectivity index (χ1v) is 25.4. The molecule has 7 rings (SSSR count). The van der Waals surface area contributed by atoms with Crippen molar-refractivity contribution in [1.82, 2.24) is 15.2 Å². The first-order chi connectivity index (χ1) is 30.7. The van der Waals surface area contributed by atoms with E-state index in [0.29, 0.717) is 54.8 Å². The van der Waals surface area contributed by atoms with Crippen LogP contribution < -0.4 is 26.7 Å². The van der Waals surface area contributed by atoms with E-state index >= 15 is 0 Å². The zero-order chi connectivity index (χ0) is 45.5. The lowest BCUT2D eigenvalue weighted by Crippen LogP contribution is -2.49. The maximum atomic E-state index is 13.5. The smallest absolute Gasteiger partial charge is 0.248 e. The number of hydrogen-bond donors (Lipinski definition) is 4. The molecule has 0 bridgehead atoms. The van der Waals surface area contributed by atoms with Crippen LogP contribution in [0.25, 0.3) is 10.9 Å². The zero-order valence-corrected chi connectivity index (χ0v) is 39.2. The second-order valence-electron chi connectivity index (χ2n) is 18.3.